The normalized spacial score (nSPS) is 11.6. The number of fused-ring (bicyclic) bond motifs is 1. The molecule has 0 spiro atoms. The Hall–Kier alpha value is -2.02. The van der Waals surface area contributed by atoms with Gasteiger partial charge in [0.15, 0.2) is 17.1 Å². The summed E-state index contributed by atoms with van der Waals surface area (Å²) in [5.74, 6) is 0.0490. The molecule has 0 saturated heterocycles. The van der Waals surface area contributed by atoms with E-state index in [4.69, 9.17) is 31.4 Å². The Morgan fingerprint density at radius 1 is 1.17 bits per heavy atom. The van der Waals surface area contributed by atoms with Gasteiger partial charge in [-0.15, -0.1) is 0 Å². The first-order valence-electron chi connectivity index (χ1n) is 6.66. The molecule has 0 unspecified atom stereocenters. The molecule has 5 nitrogen and oxygen atoms in total. The van der Waals surface area contributed by atoms with E-state index in [2.05, 4.69) is 0 Å². The molecule has 0 atom stereocenters. The van der Waals surface area contributed by atoms with Crippen molar-refractivity contribution in [1.29, 1.82) is 0 Å². The molecule has 0 aliphatic heterocycles. The molecule has 124 valence electrons. The summed E-state index contributed by atoms with van der Waals surface area (Å²) in [5, 5.41) is 0.629. The van der Waals surface area contributed by atoms with Crippen molar-refractivity contribution in [3.63, 3.8) is 0 Å². The number of benzene rings is 2. The number of carbonyl (C=O) groups excluding carboxylic acids is 1. The zero-order valence-corrected chi connectivity index (χ0v) is 14.6. The monoisotopic (exact) mass is 384 g/mol. The molecule has 0 aliphatic rings. The number of methoxy groups -OCH3 is 1. The summed E-state index contributed by atoms with van der Waals surface area (Å²) in [4.78, 5) is 12.3. The van der Waals surface area contributed by atoms with E-state index in [0.29, 0.717) is 16.7 Å². The summed E-state index contributed by atoms with van der Waals surface area (Å²) in [7, 11) is 2.75. The number of ether oxygens (including phenoxy) is 1. The summed E-state index contributed by atoms with van der Waals surface area (Å²) in [6.07, 6.45) is 0. The molecule has 3 aromatic rings. The van der Waals surface area contributed by atoms with Crippen molar-refractivity contribution in [3.05, 3.63) is 58.8 Å². The van der Waals surface area contributed by atoms with E-state index in [0.717, 1.165) is 6.07 Å². The highest BCUT2D eigenvalue weighted by molar-refractivity contribution is 8.13. The lowest BCUT2D eigenvalue weighted by Gasteiger charge is -2.03. The van der Waals surface area contributed by atoms with E-state index in [9.17, 15) is 13.2 Å². The highest BCUT2D eigenvalue weighted by atomic mass is 35.7. The van der Waals surface area contributed by atoms with Crippen LogP contribution in [0.5, 0.6) is 5.75 Å². The molecule has 0 N–H and O–H groups in total. The van der Waals surface area contributed by atoms with Crippen molar-refractivity contribution < 1.29 is 22.4 Å². The Balaban J connectivity index is 2.10. The molecule has 0 bridgehead atoms. The van der Waals surface area contributed by atoms with Crippen LogP contribution in [0.4, 0.5) is 0 Å². The minimum atomic E-state index is -4.07. The number of hydrogen-bond acceptors (Lipinski definition) is 5. The zero-order chi connectivity index (χ0) is 17.5. The van der Waals surface area contributed by atoms with E-state index >= 15 is 0 Å². The second kappa shape index (κ2) is 6.12. The lowest BCUT2D eigenvalue weighted by atomic mass is 10.1. The van der Waals surface area contributed by atoms with E-state index in [1.54, 1.807) is 24.3 Å². The van der Waals surface area contributed by atoms with Crippen LogP contribution in [-0.2, 0) is 9.05 Å². The van der Waals surface area contributed by atoms with Gasteiger partial charge in [-0.2, -0.15) is 0 Å². The van der Waals surface area contributed by atoms with Crippen LogP contribution >= 0.6 is 22.3 Å². The van der Waals surface area contributed by atoms with Gasteiger partial charge in [0.1, 0.15) is 4.90 Å². The van der Waals surface area contributed by atoms with Gasteiger partial charge in [0.2, 0.25) is 5.78 Å². The topological polar surface area (TPSA) is 73.6 Å². The van der Waals surface area contributed by atoms with Crippen molar-refractivity contribution in [2.24, 2.45) is 0 Å². The number of para-hydroxylation sites is 1. The van der Waals surface area contributed by atoms with Crippen molar-refractivity contribution in [2.45, 2.75) is 4.90 Å². The highest BCUT2D eigenvalue weighted by Gasteiger charge is 2.21. The second-order valence-electron chi connectivity index (χ2n) is 4.90. The molecule has 8 heteroatoms. The van der Waals surface area contributed by atoms with E-state index < -0.39 is 14.8 Å². The fourth-order valence-electron chi connectivity index (χ4n) is 2.28. The predicted octanol–water partition coefficient (Wildman–Crippen LogP) is 4.25. The van der Waals surface area contributed by atoms with Crippen LogP contribution < -0.4 is 4.74 Å². The molecular formula is C16H10Cl2O5S. The highest BCUT2D eigenvalue weighted by Crippen LogP contribution is 2.31. The third-order valence-electron chi connectivity index (χ3n) is 3.41. The molecule has 2 aromatic carbocycles. The molecule has 1 aromatic heterocycles. The summed E-state index contributed by atoms with van der Waals surface area (Å²) in [5.41, 5.74) is 0.527. The maximum Gasteiger partial charge on any atom is 0.262 e. The number of hydrogen-bond donors (Lipinski definition) is 0. The van der Waals surface area contributed by atoms with Gasteiger partial charge in [0.05, 0.1) is 12.1 Å². The van der Waals surface area contributed by atoms with Crippen LogP contribution in [0, 0.1) is 0 Å². The minimum absolute atomic E-state index is 0.0507. The minimum Gasteiger partial charge on any atom is -0.493 e. The van der Waals surface area contributed by atoms with Gasteiger partial charge < -0.3 is 9.15 Å². The third-order valence-corrected chi connectivity index (χ3v) is 5.21. The van der Waals surface area contributed by atoms with Gasteiger partial charge in [-0.25, -0.2) is 8.42 Å². The Bertz CT molecular complexity index is 1050. The maximum atomic E-state index is 12.6. The Morgan fingerprint density at radius 2 is 1.92 bits per heavy atom. The molecule has 0 amide bonds. The largest absolute Gasteiger partial charge is 0.493 e. The standard InChI is InChI=1S/C16H10Cl2O5S/c1-22-12-4-2-3-10-7-13(23-16(10)12)15(19)9-5-6-11(17)14(8-9)24(18,20)21/h2-8H,1H3. The maximum absolute atomic E-state index is 12.6. The van der Waals surface area contributed by atoms with E-state index in [-0.39, 0.29) is 21.2 Å². The number of carbonyl (C=O) groups is 1. The number of rotatable bonds is 4. The second-order valence-corrected chi connectivity index (χ2v) is 7.84. The quantitative estimate of drug-likeness (QED) is 0.496. The molecule has 0 aliphatic carbocycles. The lowest BCUT2D eigenvalue weighted by Crippen LogP contribution is -2.02. The molecule has 0 radical (unpaired) electrons. The lowest BCUT2D eigenvalue weighted by molar-refractivity contribution is 0.101. The number of ketones is 1. The Labute approximate surface area is 147 Å². The van der Waals surface area contributed by atoms with Crippen LogP contribution in [0.1, 0.15) is 16.1 Å². The van der Waals surface area contributed by atoms with Gasteiger partial charge in [0, 0.05) is 21.6 Å². The zero-order valence-electron chi connectivity index (χ0n) is 12.2. The molecule has 0 saturated carbocycles. The van der Waals surface area contributed by atoms with E-state index in [1.807, 2.05) is 0 Å². The SMILES string of the molecule is COc1cccc2cc(C(=O)c3ccc(Cl)c(S(=O)(=O)Cl)c3)oc12. The van der Waals surface area contributed by atoms with Gasteiger partial charge >= 0.3 is 0 Å². The summed E-state index contributed by atoms with van der Waals surface area (Å²) in [6, 6.07) is 10.6. The van der Waals surface area contributed by atoms with Gasteiger partial charge in [0.25, 0.3) is 9.05 Å². The summed E-state index contributed by atoms with van der Waals surface area (Å²) < 4.78 is 33.8. The van der Waals surface area contributed by atoms with Gasteiger partial charge in [-0.1, -0.05) is 23.7 Å². The summed E-state index contributed by atoms with van der Waals surface area (Å²) >= 11 is 5.82. The van der Waals surface area contributed by atoms with Crippen molar-refractivity contribution >= 4 is 48.1 Å². The van der Waals surface area contributed by atoms with Crippen LogP contribution in [0.3, 0.4) is 0 Å². The first-order chi connectivity index (χ1) is 11.3. The fourth-order valence-corrected chi connectivity index (χ4v) is 3.78. The molecule has 0 fully saturated rings. The van der Waals surface area contributed by atoms with E-state index in [1.165, 1.54) is 19.2 Å². The first-order valence-corrected chi connectivity index (χ1v) is 9.35. The first kappa shape index (κ1) is 16.8. The van der Waals surface area contributed by atoms with Crippen LogP contribution in [0.15, 0.2) is 51.8 Å². The molecule has 3 rings (SSSR count). The number of halogens is 2. The molecule has 1 heterocycles. The van der Waals surface area contributed by atoms with Gasteiger partial charge in [-0.05, 0) is 30.3 Å². The van der Waals surface area contributed by atoms with Crippen molar-refractivity contribution in [1.82, 2.24) is 0 Å². The Kier molecular flexibility index (Phi) is 4.29. The molecule has 24 heavy (non-hydrogen) atoms. The predicted molar refractivity (Wildman–Crippen MR) is 90.7 cm³/mol. The van der Waals surface area contributed by atoms with Crippen LogP contribution in [-0.4, -0.2) is 21.3 Å². The smallest absolute Gasteiger partial charge is 0.262 e. The average Bonchev–Trinajstić information content (AvgIpc) is 2.97. The van der Waals surface area contributed by atoms with Gasteiger partial charge in [-0.3, -0.25) is 4.79 Å². The average molecular weight is 385 g/mol. The van der Waals surface area contributed by atoms with Crippen LogP contribution in [0.25, 0.3) is 11.0 Å². The number of furan rings is 1. The van der Waals surface area contributed by atoms with Crippen LogP contribution in [0.2, 0.25) is 5.02 Å². The van der Waals surface area contributed by atoms with Crippen molar-refractivity contribution in [2.75, 3.05) is 7.11 Å². The summed E-state index contributed by atoms with van der Waals surface area (Å²) in [6.45, 7) is 0. The van der Waals surface area contributed by atoms with Crippen molar-refractivity contribution in [3.8, 4) is 5.75 Å². The third kappa shape index (κ3) is 3.00. The Morgan fingerprint density at radius 3 is 2.58 bits per heavy atom. The fraction of sp³-hybridized carbons (Fsp3) is 0.0625. The molecular weight excluding hydrogens is 375 g/mol.